The van der Waals surface area contributed by atoms with Crippen LogP contribution in [0, 0.1) is 16.0 Å². The third-order valence-corrected chi connectivity index (χ3v) is 2.60. The van der Waals surface area contributed by atoms with E-state index in [1.165, 1.54) is 6.33 Å². The van der Waals surface area contributed by atoms with Crippen molar-refractivity contribution < 1.29 is 4.92 Å². The summed E-state index contributed by atoms with van der Waals surface area (Å²) in [5.41, 5.74) is -0.281. The van der Waals surface area contributed by atoms with Gasteiger partial charge >= 0.3 is 5.69 Å². The summed E-state index contributed by atoms with van der Waals surface area (Å²) in [6.07, 6.45) is 1.20. The Morgan fingerprint density at radius 2 is 2.06 bits per heavy atom. The van der Waals surface area contributed by atoms with Crippen molar-refractivity contribution in [3.63, 3.8) is 0 Å². The molecule has 0 aliphatic rings. The van der Waals surface area contributed by atoms with Crippen molar-refractivity contribution in [3.05, 3.63) is 21.6 Å². The molecule has 0 aliphatic heterocycles. The van der Waals surface area contributed by atoms with Gasteiger partial charge in [0, 0.05) is 6.04 Å². The van der Waals surface area contributed by atoms with Crippen LogP contribution in [0.3, 0.4) is 0 Å². The Labute approximate surface area is 98.2 Å². The summed E-state index contributed by atoms with van der Waals surface area (Å²) < 4.78 is 0. The minimum atomic E-state index is -0.586. The second kappa shape index (κ2) is 5.07. The third kappa shape index (κ3) is 2.79. The molecule has 0 radical (unpaired) electrons. The Kier molecular flexibility index (Phi) is 4.00. The van der Waals surface area contributed by atoms with E-state index < -0.39 is 4.92 Å². The minimum Gasteiger partial charge on any atom is -0.361 e. The van der Waals surface area contributed by atoms with Gasteiger partial charge in [-0.25, -0.2) is 9.97 Å². The van der Waals surface area contributed by atoms with E-state index in [4.69, 9.17) is 11.6 Å². The molecule has 1 atom stereocenters. The van der Waals surface area contributed by atoms with E-state index in [2.05, 4.69) is 15.3 Å². The van der Waals surface area contributed by atoms with Crippen LogP contribution in [-0.2, 0) is 0 Å². The summed E-state index contributed by atoms with van der Waals surface area (Å²) >= 11 is 5.65. The van der Waals surface area contributed by atoms with Gasteiger partial charge in [-0.15, -0.1) is 0 Å². The lowest BCUT2D eigenvalue weighted by Crippen LogP contribution is -2.22. The van der Waals surface area contributed by atoms with Gasteiger partial charge in [0.1, 0.15) is 6.33 Å². The van der Waals surface area contributed by atoms with E-state index in [-0.39, 0.29) is 22.7 Å². The van der Waals surface area contributed by atoms with Gasteiger partial charge in [-0.3, -0.25) is 10.1 Å². The highest BCUT2D eigenvalue weighted by atomic mass is 35.5. The molecule has 1 rings (SSSR count). The van der Waals surface area contributed by atoms with Gasteiger partial charge in [0.05, 0.1) is 4.92 Å². The maximum Gasteiger partial charge on any atom is 0.348 e. The summed E-state index contributed by atoms with van der Waals surface area (Å²) in [5, 5.41) is 13.6. The lowest BCUT2D eigenvalue weighted by molar-refractivity contribution is -0.384. The molecule has 1 aromatic heterocycles. The zero-order valence-electron chi connectivity index (χ0n) is 9.27. The molecule has 0 aliphatic carbocycles. The van der Waals surface area contributed by atoms with E-state index in [0.717, 1.165) is 0 Å². The molecule has 1 unspecified atom stereocenters. The summed E-state index contributed by atoms with van der Waals surface area (Å²) in [6, 6.07) is 0.0599. The zero-order valence-corrected chi connectivity index (χ0v) is 10.0. The number of hydrogen-bond donors (Lipinski definition) is 1. The van der Waals surface area contributed by atoms with Crippen LogP contribution in [0.5, 0.6) is 0 Å². The van der Waals surface area contributed by atoms with Crippen molar-refractivity contribution in [2.75, 3.05) is 5.32 Å². The van der Waals surface area contributed by atoms with Crippen LogP contribution in [0.4, 0.5) is 11.5 Å². The molecule has 6 nitrogen and oxygen atoms in total. The van der Waals surface area contributed by atoms with Crippen molar-refractivity contribution in [1.82, 2.24) is 9.97 Å². The monoisotopic (exact) mass is 244 g/mol. The average molecular weight is 245 g/mol. The van der Waals surface area contributed by atoms with Crippen molar-refractivity contribution in [2.24, 2.45) is 5.92 Å². The first-order chi connectivity index (χ1) is 7.43. The molecule has 16 heavy (non-hydrogen) atoms. The predicted octanol–water partition coefficient (Wildman–Crippen LogP) is 2.49. The van der Waals surface area contributed by atoms with Crippen molar-refractivity contribution in [2.45, 2.75) is 26.8 Å². The highest BCUT2D eigenvalue weighted by molar-refractivity contribution is 6.31. The SMILES string of the molecule is CC(C)C(C)Nc1ncnc(Cl)c1[N+](=O)[O-]. The Morgan fingerprint density at radius 3 is 2.56 bits per heavy atom. The van der Waals surface area contributed by atoms with Gasteiger partial charge < -0.3 is 5.32 Å². The van der Waals surface area contributed by atoms with E-state index >= 15 is 0 Å². The Balaban J connectivity index is 3.04. The van der Waals surface area contributed by atoms with Crippen LogP contribution in [0.15, 0.2) is 6.33 Å². The Bertz CT molecular complexity index is 397. The normalized spacial score (nSPS) is 12.6. The average Bonchev–Trinajstić information content (AvgIpc) is 2.16. The maximum atomic E-state index is 10.8. The fourth-order valence-corrected chi connectivity index (χ4v) is 1.21. The van der Waals surface area contributed by atoms with Crippen molar-refractivity contribution in [3.8, 4) is 0 Å². The van der Waals surface area contributed by atoms with Crippen LogP contribution in [0.2, 0.25) is 5.15 Å². The number of anilines is 1. The number of halogens is 1. The topological polar surface area (TPSA) is 81.0 Å². The van der Waals surface area contributed by atoms with Crippen molar-refractivity contribution in [1.29, 1.82) is 0 Å². The molecule has 0 saturated carbocycles. The van der Waals surface area contributed by atoms with E-state index in [1.54, 1.807) is 0 Å². The molecular formula is C9H13ClN4O2. The number of nitrogens with zero attached hydrogens (tertiary/aromatic N) is 3. The van der Waals surface area contributed by atoms with Crippen LogP contribution < -0.4 is 5.32 Å². The molecular weight excluding hydrogens is 232 g/mol. The van der Waals surface area contributed by atoms with Crippen molar-refractivity contribution >= 4 is 23.1 Å². The summed E-state index contributed by atoms with van der Waals surface area (Å²) in [5.74, 6) is 0.486. The fraction of sp³-hybridized carbons (Fsp3) is 0.556. The molecule has 88 valence electrons. The molecule has 0 aromatic carbocycles. The lowest BCUT2D eigenvalue weighted by Gasteiger charge is -2.17. The highest BCUT2D eigenvalue weighted by Crippen LogP contribution is 2.29. The van der Waals surface area contributed by atoms with E-state index in [1.807, 2.05) is 20.8 Å². The quantitative estimate of drug-likeness (QED) is 0.500. The summed E-state index contributed by atoms with van der Waals surface area (Å²) in [6.45, 7) is 5.93. The van der Waals surface area contributed by atoms with E-state index in [0.29, 0.717) is 5.92 Å². The molecule has 0 spiro atoms. The highest BCUT2D eigenvalue weighted by Gasteiger charge is 2.23. The van der Waals surface area contributed by atoms with Crippen LogP contribution >= 0.6 is 11.6 Å². The first kappa shape index (κ1) is 12.6. The Morgan fingerprint density at radius 1 is 1.44 bits per heavy atom. The molecule has 0 amide bonds. The first-order valence-corrected chi connectivity index (χ1v) is 5.22. The number of nitrogens with one attached hydrogen (secondary N) is 1. The summed E-state index contributed by atoms with van der Waals surface area (Å²) in [4.78, 5) is 17.6. The van der Waals surface area contributed by atoms with Gasteiger partial charge in [0.25, 0.3) is 0 Å². The minimum absolute atomic E-state index is 0.0599. The maximum absolute atomic E-state index is 10.8. The molecule has 1 aromatic rings. The number of aromatic nitrogens is 2. The van der Waals surface area contributed by atoms with Gasteiger partial charge in [-0.05, 0) is 12.8 Å². The van der Waals surface area contributed by atoms with Gasteiger partial charge in [0.2, 0.25) is 11.0 Å². The second-order valence-electron chi connectivity index (χ2n) is 3.80. The second-order valence-corrected chi connectivity index (χ2v) is 4.15. The van der Waals surface area contributed by atoms with E-state index in [9.17, 15) is 10.1 Å². The summed E-state index contributed by atoms with van der Waals surface area (Å²) in [7, 11) is 0. The largest absolute Gasteiger partial charge is 0.361 e. The first-order valence-electron chi connectivity index (χ1n) is 4.85. The fourth-order valence-electron chi connectivity index (χ4n) is 1.01. The molecule has 0 saturated heterocycles. The van der Waals surface area contributed by atoms with Crippen LogP contribution in [0.25, 0.3) is 0 Å². The predicted molar refractivity (Wildman–Crippen MR) is 61.6 cm³/mol. The lowest BCUT2D eigenvalue weighted by atomic mass is 10.1. The molecule has 0 fully saturated rings. The third-order valence-electron chi connectivity index (χ3n) is 2.32. The smallest absolute Gasteiger partial charge is 0.348 e. The zero-order chi connectivity index (χ0) is 12.3. The molecule has 0 bridgehead atoms. The Hall–Kier alpha value is -1.43. The number of hydrogen-bond acceptors (Lipinski definition) is 5. The molecule has 1 N–H and O–H groups in total. The van der Waals surface area contributed by atoms with Crippen LogP contribution in [0.1, 0.15) is 20.8 Å². The van der Waals surface area contributed by atoms with Gasteiger partial charge in [-0.1, -0.05) is 25.4 Å². The standard InChI is InChI=1S/C9H13ClN4O2/c1-5(2)6(3)13-9-7(14(15)16)8(10)11-4-12-9/h4-6H,1-3H3,(H,11,12,13). The van der Waals surface area contributed by atoms with Crippen LogP contribution in [-0.4, -0.2) is 20.9 Å². The molecule has 7 heteroatoms. The van der Waals surface area contributed by atoms with Gasteiger partial charge in [0.15, 0.2) is 0 Å². The number of rotatable bonds is 4. The van der Waals surface area contributed by atoms with Gasteiger partial charge in [-0.2, -0.15) is 0 Å². The number of nitro groups is 1. The molecule has 1 heterocycles.